The minimum atomic E-state index is 0.446. The van der Waals surface area contributed by atoms with E-state index in [1.807, 2.05) is 18.3 Å². The number of nitrogens with zero attached hydrogens (tertiary/aromatic N) is 1. The van der Waals surface area contributed by atoms with Gasteiger partial charge in [-0.1, -0.05) is 19.4 Å². The lowest BCUT2D eigenvalue weighted by Crippen LogP contribution is -2.15. The molecule has 0 saturated heterocycles. The average Bonchev–Trinajstić information content (AvgIpc) is 2.33. The van der Waals surface area contributed by atoms with Gasteiger partial charge in [-0.25, -0.2) is 0 Å². The summed E-state index contributed by atoms with van der Waals surface area (Å²) in [6.45, 7) is 4.37. The predicted molar refractivity (Wildman–Crippen MR) is 74.1 cm³/mol. The Morgan fingerprint density at radius 1 is 1.35 bits per heavy atom. The summed E-state index contributed by atoms with van der Waals surface area (Å²) in [5.74, 6) is 0. The first-order chi connectivity index (χ1) is 8.22. The number of pyridine rings is 1. The highest BCUT2D eigenvalue weighted by Crippen LogP contribution is 2.28. The van der Waals surface area contributed by atoms with E-state index in [1.165, 1.54) is 6.42 Å². The number of nitrogens with one attached hydrogen (secondary N) is 1. The number of nitrogen functional groups attached to an aromatic ring is 1. The van der Waals surface area contributed by atoms with E-state index in [-0.39, 0.29) is 0 Å². The highest BCUT2D eigenvalue weighted by Gasteiger charge is 2.06. The van der Waals surface area contributed by atoms with Crippen LogP contribution in [0, 0.1) is 0 Å². The highest BCUT2D eigenvalue weighted by molar-refractivity contribution is 5.98. The Hall–Kier alpha value is -1.77. The third-order valence-electron chi connectivity index (χ3n) is 2.99. The van der Waals surface area contributed by atoms with E-state index in [1.54, 1.807) is 6.20 Å². The summed E-state index contributed by atoms with van der Waals surface area (Å²) in [5.41, 5.74) is 8.00. The zero-order valence-electron chi connectivity index (χ0n) is 10.4. The number of rotatable bonds is 4. The van der Waals surface area contributed by atoms with Gasteiger partial charge in [0.15, 0.2) is 0 Å². The largest absolute Gasteiger partial charge is 0.397 e. The summed E-state index contributed by atoms with van der Waals surface area (Å²) in [4.78, 5) is 4.10. The van der Waals surface area contributed by atoms with E-state index < -0.39 is 0 Å². The Labute approximate surface area is 102 Å². The quantitative estimate of drug-likeness (QED) is 0.790. The van der Waals surface area contributed by atoms with Crippen molar-refractivity contribution in [2.75, 3.05) is 11.1 Å². The first-order valence-corrected chi connectivity index (χ1v) is 6.11. The topological polar surface area (TPSA) is 50.9 Å². The lowest BCUT2D eigenvalue weighted by atomic mass is 10.1. The second kappa shape index (κ2) is 5.04. The van der Waals surface area contributed by atoms with Gasteiger partial charge in [0.1, 0.15) is 0 Å². The smallest absolute Gasteiger partial charge is 0.0630 e. The zero-order valence-corrected chi connectivity index (χ0v) is 10.4. The molecule has 90 valence electrons. The number of anilines is 2. The predicted octanol–water partition coefficient (Wildman–Crippen LogP) is 3.42. The van der Waals surface area contributed by atoms with Gasteiger partial charge in [-0.2, -0.15) is 0 Å². The van der Waals surface area contributed by atoms with Gasteiger partial charge in [0.05, 0.1) is 11.4 Å². The van der Waals surface area contributed by atoms with Gasteiger partial charge < -0.3 is 11.1 Å². The molecule has 1 unspecified atom stereocenters. The second-order valence-electron chi connectivity index (χ2n) is 4.46. The van der Waals surface area contributed by atoms with Crippen molar-refractivity contribution < 1.29 is 0 Å². The molecule has 0 aliphatic rings. The van der Waals surface area contributed by atoms with Crippen molar-refractivity contribution >= 4 is 22.1 Å². The molecule has 3 N–H and O–H groups in total. The number of aromatic nitrogens is 1. The molecule has 0 saturated carbocycles. The fourth-order valence-electron chi connectivity index (χ4n) is 2.09. The van der Waals surface area contributed by atoms with Crippen molar-refractivity contribution in [3.8, 4) is 0 Å². The Morgan fingerprint density at radius 2 is 2.18 bits per heavy atom. The normalized spacial score (nSPS) is 12.6. The van der Waals surface area contributed by atoms with Crippen LogP contribution >= 0.6 is 0 Å². The molecule has 0 spiro atoms. The van der Waals surface area contributed by atoms with Crippen molar-refractivity contribution in [2.24, 2.45) is 0 Å². The number of hydrogen-bond donors (Lipinski definition) is 2. The molecule has 0 aliphatic heterocycles. The van der Waals surface area contributed by atoms with Gasteiger partial charge in [0.2, 0.25) is 0 Å². The number of hydrogen-bond acceptors (Lipinski definition) is 3. The van der Waals surface area contributed by atoms with Crippen LogP contribution in [0.1, 0.15) is 26.7 Å². The Bertz CT molecular complexity index is 508. The van der Waals surface area contributed by atoms with E-state index in [0.717, 1.165) is 28.6 Å². The van der Waals surface area contributed by atoms with Crippen molar-refractivity contribution in [3.63, 3.8) is 0 Å². The van der Waals surface area contributed by atoms with E-state index in [4.69, 9.17) is 5.73 Å². The number of fused-ring (bicyclic) bond motifs is 1. The lowest BCUT2D eigenvalue weighted by molar-refractivity contribution is 0.691. The molecule has 0 bridgehead atoms. The van der Waals surface area contributed by atoms with Crippen LogP contribution in [0.3, 0.4) is 0 Å². The monoisotopic (exact) mass is 229 g/mol. The van der Waals surface area contributed by atoms with E-state index in [2.05, 4.69) is 30.2 Å². The molecule has 1 heterocycles. The average molecular weight is 229 g/mol. The molecule has 3 nitrogen and oxygen atoms in total. The molecule has 0 aliphatic carbocycles. The van der Waals surface area contributed by atoms with Crippen LogP contribution in [-0.4, -0.2) is 11.0 Å². The Morgan fingerprint density at radius 3 is 2.94 bits per heavy atom. The maximum absolute atomic E-state index is 6.17. The van der Waals surface area contributed by atoms with Crippen LogP contribution in [0.25, 0.3) is 10.8 Å². The van der Waals surface area contributed by atoms with E-state index >= 15 is 0 Å². The van der Waals surface area contributed by atoms with Gasteiger partial charge in [-0.15, -0.1) is 0 Å². The summed E-state index contributed by atoms with van der Waals surface area (Å²) >= 11 is 0. The van der Waals surface area contributed by atoms with Crippen molar-refractivity contribution in [2.45, 2.75) is 32.7 Å². The van der Waals surface area contributed by atoms with Gasteiger partial charge >= 0.3 is 0 Å². The fraction of sp³-hybridized carbons (Fsp3) is 0.357. The molecule has 1 aromatic carbocycles. The minimum absolute atomic E-state index is 0.446. The first kappa shape index (κ1) is 11.7. The molecule has 3 heteroatoms. The van der Waals surface area contributed by atoms with Crippen LogP contribution in [0.5, 0.6) is 0 Å². The molecule has 17 heavy (non-hydrogen) atoms. The van der Waals surface area contributed by atoms with Crippen molar-refractivity contribution in [1.29, 1.82) is 0 Å². The van der Waals surface area contributed by atoms with Gasteiger partial charge in [0, 0.05) is 29.2 Å². The maximum atomic E-state index is 6.17. The summed E-state index contributed by atoms with van der Waals surface area (Å²) in [6.07, 6.45) is 5.93. The van der Waals surface area contributed by atoms with Crippen molar-refractivity contribution in [1.82, 2.24) is 4.98 Å². The van der Waals surface area contributed by atoms with Gasteiger partial charge in [-0.3, -0.25) is 4.98 Å². The molecular weight excluding hydrogens is 210 g/mol. The third kappa shape index (κ3) is 2.49. The van der Waals surface area contributed by atoms with Crippen LogP contribution in [0.4, 0.5) is 11.4 Å². The molecule has 1 atom stereocenters. The molecular formula is C14H19N3. The van der Waals surface area contributed by atoms with Crippen LogP contribution in [0.15, 0.2) is 30.6 Å². The fourth-order valence-corrected chi connectivity index (χ4v) is 2.09. The summed E-state index contributed by atoms with van der Waals surface area (Å²) in [7, 11) is 0. The number of benzene rings is 1. The van der Waals surface area contributed by atoms with Crippen LogP contribution in [0.2, 0.25) is 0 Å². The third-order valence-corrected chi connectivity index (χ3v) is 2.99. The lowest BCUT2D eigenvalue weighted by Gasteiger charge is -2.17. The Kier molecular flexibility index (Phi) is 3.47. The molecule has 2 rings (SSSR count). The molecule has 1 aromatic heterocycles. The minimum Gasteiger partial charge on any atom is -0.397 e. The maximum Gasteiger partial charge on any atom is 0.0630 e. The SMILES string of the molecule is CCCC(C)Nc1ccc2cnccc2c1N. The van der Waals surface area contributed by atoms with Crippen molar-refractivity contribution in [3.05, 3.63) is 30.6 Å². The molecule has 0 amide bonds. The molecule has 2 aromatic rings. The van der Waals surface area contributed by atoms with E-state index in [0.29, 0.717) is 6.04 Å². The standard InChI is InChI=1S/C14H19N3/c1-3-4-10(2)17-13-6-5-11-9-16-8-7-12(11)14(13)15/h5-10,17H,3-4,15H2,1-2H3. The van der Waals surface area contributed by atoms with Gasteiger partial charge in [-0.05, 0) is 25.5 Å². The Balaban J connectivity index is 2.32. The molecule has 0 radical (unpaired) electrons. The molecule has 0 fully saturated rings. The summed E-state index contributed by atoms with van der Waals surface area (Å²) in [6, 6.07) is 6.49. The zero-order chi connectivity index (χ0) is 12.3. The number of nitrogens with two attached hydrogens (primary N) is 1. The summed E-state index contributed by atoms with van der Waals surface area (Å²) < 4.78 is 0. The second-order valence-corrected chi connectivity index (χ2v) is 4.46. The van der Waals surface area contributed by atoms with Gasteiger partial charge in [0.25, 0.3) is 0 Å². The summed E-state index contributed by atoms with van der Waals surface area (Å²) in [5, 5.41) is 5.60. The first-order valence-electron chi connectivity index (χ1n) is 6.11. The highest BCUT2D eigenvalue weighted by atomic mass is 14.9. The van der Waals surface area contributed by atoms with Crippen LogP contribution in [-0.2, 0) is 0 Å². The van der Waals surface area contributed by atoms with E-state index in [9.17, 15) is 0 Å². The van der Waals surface area contributed by atoms with Crippen LogP contribution < -0.4 is 11.1 Å².